The first kappa shape index (κ1) is 20.3. The zero-order valence-electron chi connectivity index (χ0n) is 17.1. The first-order valence-electron chi connectivity index (χ1n) is 10.2. The Morgan fingerprint density at radius 1 is 0.833 bits per heavy atom. The van der Waals surface area contributed by atoms with Crippen LogP contribution in [0.1, 0.15) is 24.2 Å². The highest BCUT2D eigenvalue weighted by Gasteiger charge is 2.11. The highest BCUT2D eigenvalue weighted by molar-refractivity contribution is 6.30. The molecule has 0 saturated carbocycles. The van der Waals surface area contributed by atoms with Crippen LogP contribution in [0.3, 0.4) is 0 Å². The second-order valence-corrected chi connectivity index (χ2v) is 7.72. The van der Waals surface area contributed by atoms with Gasteiger partial charge in [-0.3, -0.25) is 0 Å². The van der Waals surface area contributed by atoms with E-state index in [4.69, 9.17) is 26.1 Å². The number of rotatable bonds is 9. The van der Waals surface area contributed by atoms with E-state index in [1.807, 2.05) is 48.5 Å². The van der Waals surface area contributed by atoms with E-state index in [1.165, 1.54) is 5.56 Å². The first-order chi connectivity index (χ1) is 14.7. The van der Waals surface area contributed by atoms with Crippen LogP contribution in [0.15, 0.2) is 72.8 Å². The van der Waals surface area contributed by atoms with E-state index in [0.717, 1.165) is 52.8 Å². The zero-order valence-corrected chi connectivity index (χ0v) is 17.8. The fraction of sp³-hybridized carbons (Fsp3) is 0.240. The van der Waals surface area contributed by atoms with Gasteiger partial charge >= 0.3 is 0 Å². The van der Waals surface area contributed by atoms with Crippen LogP contribution in [-0.2, 0) is 13.2 Å². The summed E-state index contributed by atoms with van der Waals surface area (Å²) in [7, 11) is 0. The van der Waals surface area contributed by atoms with E-state index >= 15 is 0 Å². The van der Waals surface area contributed by atoms with Crippen LogP contribution in [0.25, 0.3) is 11.0 Å². The quantitative estimate of drug-likeness (QED) is 0.292. The molecular formula is C25H25ClN2O2. The van der Waals surface area contributed by atoms with E-state index in [1.54, 1.807) is 0 Å². The summed E-state index contributed by atoms with van der Waals surface area (Å²) >= 11 is 5.91. The van der Waals surface area contributed by atoms with E-state index < -0.39 is 0 Å². The predicted octanol–water partition coefficient (Wildman–Crippen LogP) is 6.44. The van der Waals surface area contributed by atoms with Gasteiger partial charge in [0, 0.05) is 11.6 Å². The average molecular weight is 421 g/mol. The summed E-state index contributed by atoms with van der Waals surface area (Å²) in [6.45, 7) is 4.05. The number of para-hydroxylation sites is 2. The van der Waals surface area contributed by atoms with E-state index in [0.29, 0.717) is 13.2 Å². The van der Waals surface area contributed by atoms with Gasteiger partial charge in [-0.25, -0.2) is 4.98 Å². The number of fused-ring (bicyclic) bond motifs is 1. The van der Waals surface area contributed by atoms with Crippen molar-refractivity contribution in [2.75, 3.05) is 6.61 Å². The van der Waals surface area contributed by atoms with Gasteiger partial charge in [0.15, 0.2) is 0 Å². The molecule has 0 fully saturated rings. The Morgan fingerprint density at radius 2 is 1.53 bits per heavy atom. The molecule has 1 heterocycles. The Hall–Kier alpha value is -2.98. The normalized spacial score (nSPS) is 11.0. The molecule has 0 N–H and O–H groups in total. The minimum absolute atomic E-state index is 0.443. The summed E-state index contributed by atoms with van der Waals surface area (Å²) in [6, 6.07) is 23.8. The van der Waals surface area contributed by atoms with Gasteiger partial charge in [0.25, 0.3) is 0 Å². The highest BCUT2D eigenvalue weighted by Crippen LogP contribution is 2.20. The summed E-state index contributed by atoms with van der Waals surface area (Å²) in [5.41, 5.74) is 3.35. The minimum Gasteiger partial charge on any atom is -0.494 e. The van der Waals surface area contributed by atoms with Gasteiger partial charge in [-0.1, -0.05) is 41.4 Å². The number of aryl methyl sites for hydroxylation is 2. The number of hydrogen-bond donors (Lipinski definition) is 0. The molecule has 3 aromatic carbocycles. The second-order valence-electron chi connectivity index (χ2n) is 7.28. The molecule has 154 valence electrons. The van der Waals surface area contributed by atoms with Gasteiger partial charge in [0.05, 0.1) is 17.6 Å². The fourth-order valence-electron chi connectivity index (χ4n) is 3.36. The summed E-state index contributed by atoms with van der Waals surface area (Å²) in [5, 5.41) is 0.717. The molecule has 0 radical (unpaired) electrons. The number of nitrogens with zero attached hydrogens (tertiary/aromatic N) is 2. The van der Waals surface area contributed by atoms with Gasteiger partial charge in [-0.2, -0.15) is 0 Å². The standard InChI is InChI=1S/C25H25ClN2O2/c1-19-8-12-22(13-9-19)30-18-25-27-23-6-2-3-7-24(23)28(25)16-4-5-17-29-21-14-10-20(26)11-15-21/h2-3,6-15H,4-5,16-18H2,1H3. The van der Waals surface area contributed by atoms with E-state index in [-0.39, 0.29) is 0 Å². The molecule has 4 rings (SSSR count). The van der Waals surface area contributed by atoms with Crippen LogP contribution >= 0.6 is 11.6 Å². The van der Waals surface area contributed by atoms with Crippen molar-refractivity contribution in [1.82, 2.24) is 9.55 Å². The third kappa shape index (κ3) is 5.14. The zero-order chi connectivity index (χ0) is 20.8. The Kier molecular flexibility index (Phi) is 6.55. The number of aromatic nitrogens is 2. The maximum atomic E-state index is 5.99. The van der Waals surface area contributed by atoms with Crippen molar-refractivity contribution >= 4 is 22.6 Å². The SMILES string of the molecule is Cc1ccc(OCc2nc3ccccc3n2CCCCOc2ccc(Cl)cc2)cc1. The Bertz CT molecular complexity index is 1090. The van der Waals surface area contributed by atoms with Crippen molar-refractivity contribution in [1.29, 1.82) is 0 Å². The van der Waals surface area contributed by atoms with Gasteiger partial charge in [0.1, 0.15) is 23.9 Å². The van der Waals surface area contributed by atoms with Crippen molar-refractivity contribution in [2.45, 2.75) is 32.9 Å². The largest absolute Gasteiger partial charge is 0.494 e. The van der Waals surface area contributed by atoms with Gasteiger partial charge in [-0.05, 0) is 68.3 Å². The molecule has 0 bridgehead atoms. The van der Waals surface area contributed by atoms with E-state index in [9.17, 15) is 0 Å². The maximum absolute atomic E-state index is 5.99. The number of benzene rings is 3. The third-order valence-electron chi connectivity index (χ3n) is 4.98. The lowest BCUT2D eigenvalue weighted by molar-refractivity contribution is 0.285. The van der Waals surface area contributed by atoms with Crippen LogP contribution in [0, 0.1) is 6.92 Å². The summed E-state index contributed by atoms with van der Waals surface area (Å²) in [5.74, 6) is 2.64. The second kappa shape index (κ2) is 9.68. The molecule has 4 aromatic rings. The van der Waals surface area contributed by atoms with E-state index in [2.05, 4.69) is 35.8 Å². The van der Waals surface area contributed by atoms with Crippen molar-refractivity contribution in [3.05, 3.63) is 89.2 Å². The average Bonchev–Trinajstić information content (AvgIpc) is 3.12. The number of unbranched alkanes of at least 4 members (excludes halogenated alkanes) is 1. The van der Waals surface area contributed by atoms with Gasteiger partial charge < -0.3 is 14.0 Å². The van der Waals surface area contributed by atoms with Crippen LogP contribution < -0.4 is 9.47 Å². The van der Waals surface area contributed by atoms with Crippen LogP contribution in [0.4, 0.5) is 0 Å². The molecule has 1 aromatic heterocycles. The predicted molar refractivity (Wildman–Crippen MR) is 121 cm³/mol. The molecule has 0 saturated heterocycles. The third-order valence-corrected chi connectivity index (χ3v) is 5.23. The lowest BCUT2D eigenvalue weighted by Gasteiger charge is -2.11. The van der Waals surface area contributed by atoms with Crippen LogP contribution in [0.2, 0.25) is 5.02 Å². The minimum atomic E-state index is 0.443. The number of halogens is 1. The highest BCUT2D eigenvalue weighted by atomic mass is 35.5. The number of hydrogen-bond acceptors (Lipinski definition) is 3. The monoisotopic (exact) mass is 420 g/mol. The number of ether oxygens (including phenoxy) is 2. The molecule has 0 aliphatic carbocycles. The number of imidazole rings is 1. The van der Waals surface area contributed by atoms with Gasteiger partial charge in [0.2, 0.25) is 0 Å². The van der Waals surface area contributed by atoms with Crippen molar-refractivity contribution in [3.8, 4) is 11.5 Å². The Morgan fingerprint density at radius 3 is 2.33 bits per heavy atom. The molecule has 0 aliphatic heterocycles. The molecule has 30 heavy (non-hydrogen) atoms. The van der Waals surface area contributed by atoms with Crippen molar-refractivity contribution < 1.29 is 9.47 Å². The Balaban J connectivity index is 1.37. The molecule has 0 spiro atoms. The van der Waals surface area contributed by atoms with Crippen LogP contribution in [-0.4, -0.2) is 16.2 Å². The smallest absolute Gasteiger partial charge is 0.147 e. The lowest BCUT2D eigenvalue weighted by atomic mass is 10.2. The lowest BCUT2D eigenvalue weighted by Crippen LogP contribution is -2.08. The molecule has 0 atom stereocenters. The molecule has 0 unspecified atom stereocenters. The first-order valence-corrected chi connectivity index (χ1v) is 10.6. The summed E-state index contributed by atoms with van der Waals surface area (Å²) in [4.78, 5) is 4.79. The topological polar surface area (TPSA) is 36.3 Å². The molecule has 0 aliphatic rings. The fourth-order valence-corrected chi connectivity index (χ4v) is 3.49. The van der Waals surface area contributed by atoms with Crippen molar-refractivity contribution in [2.24, 2.45) is 0 Å². The summed E-state index contributed by atoms with van der Waals surface area (Å²) < 4.78 is 14.1. The molecule has 0 amide bonds. The van der Waals surface area contributed by atoms with Crippen LogP contribution in [0.5, 0.6) is 11.5 Å². The Labute approximate surface area is 182 Å². The van der Waals surface area contributed by atoms with Gasteiger partial charge in [-0.15, -0.1) is 0 Å². The maximum Gasteiger partial charge on any atom is 0.147 e. The molecule has 5 heteroatoms. The summed E-state index contributed by atoms with van der Waals surface area (Å²) in [6.07, 6.45) is 1.94. The molecular weight excluding hydrogens is 396 g/mol. The van der Waals surface area contributed by atoms with Crippen molar-refractivity contribution in [3.63, 3.8) is 0 Å². The molecule has 4 nitrogen and oxygen atoms in total.